The van der Waals surface area contributed by atoms with Crippen molar-refractivity contribution < 1.29 is 13.3 Å². The van der Waals surface area contributed by atoms with Gasteiger partial charge >= 0.3 is 0 Å². The summed E-state index contributed by atoms with van der Waals surface area (Å²) in [4.78, 5) is 10.3. The molecular formula is C19H16N2O4S. The minimum absolute atomic E-state index is 0.122. The Bertz CT molecular complexity index is 1130. The Labute approximate surface area is 150 Å². The maximum atomic E-state index is 12.6. The SMILES string of the molecule is O=[N+]([O-])c1cccc(CS(=O)(=O)Nc2ccc3c4c(cccc24)CC3)c1. The van der Waals surface area contributed by atoms with Gasteiger partial charge in [-0.25, -0.2) is 8.42 Å². The smallest absolute Gasteiger partial charge is 0.269 e. The van der Waals surface area contributed by atoms with Gasteiger partial charge in [-0.15, -0.1) is 0 Å². The number of hydrogen-bond acceptors (Lipinski definition) is 4. The molecule has 6 nitrogen and oxygen atoms in total. The normalized spacial score (nSPS) is 13.1. The summed E-state index contributed by atoms with van der Waals surface area (Å²) < 4.78 is 27.8. The molecular weight excluding hydrogens is 352 g/mol. The van der Waals surface area contributed by atoms with Crippen LogP contribution >= 0.6 is 0 Å². The lowest BCUT2D eigenvalue weighted by molar-refractivity contribution is -0.384. The zero-order chi connectivity index (χ0) is 18.3. The van der Waals surface area contributed by atoms with Crippen LogP contribution < -0.4 is 4.72 Å². The first-order valence-electron chi connectivity index (χ1n) is 8.20. The maximum absolute atomic E-state index is 12.6. The molecule has 0 aliphatic heterocycles. The molecule has 0 heterocycles. The highest BCUT2D eigenvalue weighted by atomic mass is 32.2. The van der Waals surface area contributed by atoms with Crippen LogP contribution in [-0.4, -0.2) is 13.3 Å². The first-order valence-corrected chi connectivity index (χ1v) is 9.85. The van der Waals surface area contributed by atoms with Crippen molar-refractivity contribution in [2.24, 2.45) is 0 Å². The van der Waals surface area contributed by atoms with Gasteiger partial charge in [0.1, 0.15) is 0 Å². The molecule has 3 aromatic carbocycles. The number of aryl methyl sites for hydroxylation is 2. The number of nitro benzene ring substituents is 1. The fraction of sp³-hybridized carbons (Fsp3) is 0.158. The third kappa shape index (κ3) is 3.01. The summed E-state index contributed by atoms with van der Waals surface area (Å²) in [6.45, 7) is 0. The van der Waals surface area contributed by atoms with E-state index < -0.39 is 14.9 Å². The summed E-state index contributed by atoms with van der Waals surface area (Å²) in [5, 5.41) is 12.9. The van der Waals surface area contributed by atoms with Gasteiger partial charge in [0, 0.05) is 17.5 Å². The van der Waals surface area contributed by atoms with E-state index in [0.717, 1.165) is 23.6 Å². The van der Waals surface area contributed by atoms with Gasteiger partial charge in [-0.2, -0.15) is 0 Å². The minimum Gasteiger partial charge on any atom is -0.283 e. The summed E-state index contributed by atoms with van der Waals surface area (Å²) >= 11 is 0. The van der Waals surface area contributed by atoms with Crippen molar-refractivity contribution in [3.05, 3.63) is 81.4 Å². The third-order valence-corrected chi connectivity index (χ3v) is 5.86. The Morgan fingerprint density at radius 1 is 1.00 bits per heavy atom. The lowest BCUT2D eigenvalue weighted by atomic mass is 10.0. The molecule has 0 aromatic heterocycles. The van der Waals surface area contributed by atoms with E-state index in [1.807, 2.05) is 18.2 Å². The van der Waals surface area contributed by atoms with E-state index in [4.69, 9.17) is 0 Å². The molecule has 0 unspecified atom stereocenters. The number of rotatable bonds is 5. The Morgan fingerprint density at radius 2 is 1.73 bits per heavy atom. The Balaban J connectivity index is 1.66. The van der Waals surface area contributed by atoms with Crippen molar-refractivity contribution in [3.8, 4) is 0 Å². The van der Waals surface area contributed by atoms with Crippen molar-refractivity contribution in [2.45, 2.75) is 18.6 Å². The number of nitro groups is 1. The molecule has 0 spiro atoms. The molecule has 1 aliphatic rings. The highest BCUT2D eigenvalue weighted by Gasteiger charge is 2.19. The maximum Gasteiger partial charge on any atom is 0.269 e. The van der Waals surface area contributed by atoms with Crippen LogP contribution in [0.3, 0.4) is 0 Å². The largest absolute Gasteiger partial charge is 0.283 e. The van der Waals surface area contributed by atoms with E-state index in [1.54, 1.807) is 12.1 Å². The van der Waals surface area contributed by atoms with Crippen LogP contribution in [0.15, 0.2) is 54.6 Å². The lowest BCUT2D eigenvalue weighted by Crippen LogP contribution is -2.15. The second kappa shape index (κ2) is 6.10. The van der Waals surface area contributed by atoms with Crippen LogP contribution in [0.5, 0.6) is 0 Å². The van der Waals surface area contributed by atoms with Crippen molar-refractivity contribution >= 4 is 32.2 Å². The third-order valence-electron chi connectivity index (χ3n) is 4.62. The predicted molar refractivity (Wildman–Crippen MR) is 101 cm³/mol. The van der Waals surface area contributed by atoms with E-state index in [0.29, 0.717) is 11.3 Å². The summed E-state index contributed by atoms with van der Waals surface area (Å²) in [6, 6.07) is 15.4. The van der Waals surface area contributed by atoms with Crippen molar-refractivity contribution in [1.82, 2.24) is 0 Å². The molecule has 4 rings (SSSR count). The van der Waals surface area contributed by atoms with Crippen LogP contribution in [0, 0.1) is 10.1 Å². The number of sulfonamides is 1. The molecule has 3 aromatic rings. The van der Waals surface area contributed by atoms with E-state index >= 15 is 0 Å². The van der Waals surface area contributed by atoms with Gasteiger partial charge in [-0.05, 0) is 41.0 Å². The molecule has 0 fully saturated rings. The molecule has 7 heteroatoms. The molecule has 0 saturated heterocycles. The highest BCUT2D eigenvalue weighted by molar-refractivity contribution is 7.91. The average Bonchev–Trinajstić information content (AvgIpc) is 3.02. The van der Waals surface area contributed by atoms with Crippen LogP contribution in [0.4, 0.5) is 11.4 Å². The van der Waals surface area contributed by atoms with Gasteiger partial charge in [-0.1, -0.05) is 36.4 Å². The quantitative estimate of drug-likeness (QED) is 0.548. The molecule has 1 N–H and O–H groups in total. The number of nitrogens with one attached hydrogen (secondary N) is 1. The summed E-state index contributed by atoms with van der Waals surface area (Å²) in [5.41, 5.74) is 3.26. The molecule has 0 saturated carbocycles. The van der Waals surface area contributed by atoms with Crippen molar-refractivity contribution in [2.75, 3.05) is 4.72 Å². The predicted octanol–water partition coefficient (Wildman–Crippen LogP) is 3.79. The van der Waals surface area contributed by atoms with Crippen LogP contribution in [-0.2, 0) is 28.6 Å². The number of nitrogens with zero attached hydrogens (tertiary/aromatic N) is 1. The number of anilines is 1. The first-order chi connectivity index (χ1) is 12.4. The molecule has 132 valence electrons. The van der Waals surface area contributed by atoms with E-state index in [9.17, 15) is 18.5 Å². The highest BCUT2D eigenvalue weighted by Crippen LogP contribution is 2.35. The molecule has 1 aliphatic carbocycles. The van der Waals surface area contributed by atoms with Crippen molar-refractivity contribution in [1.29, 1.82) is 0 Å². The molecule has 26 heavy (non-hydrogen) atoms. The van der Waals surface area contributed by atoms with Gasteiger partial charge in [0.15, 0.2) is 0 Å². The van der Waals surface area contributed by atoms with E-state index in [2.05, 4.69) is 10.8 Å². The van der Waals surface area contributed by atoms with Gasteiger partial charge < -0.3 is 0 Å². The summed E-state index contributed by atoms with van der Waals surface area (Å²) in [7, 11) is -3.70. The monoisotopic (exact) mass is 368 g/mol. The van der Waals surface area contributed by atoms with Gasteiger partial charge in [0.25, 0.3) is 5.69 Å². The van der Waals surface area contributed by atoms with Crippen LogP contribution in [0.2, 0.25) is 0 Å². The molecule has 0 radical (unpaired) electrons. The zero-order valence-corrected chi connectivity index (χ0v) is 14.6. The minimum atomic E-state index is -3.70. The second-order valence-corrected chi connectivity index (χ2v) is 8.12. The zero-order valence-electron chi connectivity index (χ0n) is 13.8. The standard InChI is InChI=1S/C19H16N2O4S/c22-21(23)16-5-1-3-13(11-16)12-26(24,25)20-18-10-9-15-8-7-14-4-2-6-17(18)19(14)15/h1-6,9-11,20H,7-8,12H2. The van der Waals surface area contributed by atoms with E-state index in [-0.39, 0.29) is 11.4 Å². The van der Waals surface area contributed by atoms with Crippen molar-refractivity contribution in [3.63, 3.8) is 0 Å². The van der Waals surface area contributed by atoms with Crippen LogP contribution in [0.1, 0.15) is 16.7 Å². The number of benzene rings is 3. The Kier molecular flexibility index (Phi) is 3.88. The fourth-order valence-electron chi connectivity index (χ4n) is 3.52. The number of hydrogen-bond donors (Lipinski definition) is 1. The van der Waals surface area contributed by atoms with Gasteiger partial charge in [0.2, 0.25) is 10.0 Å². The molecule has 0 amide bonds. The van der Waals surface area contributed by atoms with E-state index in [1.165, 1.54) is 29.3 Å². The topological polar surface area (TPSA) is 89.3 Å². The fourth-order valence-corrected chi connectivity index (χ4v) is 4.72. The molecule has 0 atom stereocenters. The Hall–Kier alpha value is -2.93. The summed E-state index contributed by atoms with van der Waals surface area (Å²) in [5.74, 6) is -0.322. The second-order valence-electron chi connectivity index (χ2n) is 6.40. The van der Waals surface area contributed by atoms with Crippen LogP contribution in [0.25, 0.3) is 10.8 Å². The lowest BCUT2D eigenvalue weighted by Gasteiger charge is -2.12. The molecule has 0 bridgehead atoms. The van der Waals surface area contributed by atoms with Gasteiger partial charge in [-0.3, -0.25) is 14.8 Å². The summed E-state index contributed by atoms with van der Waals surface area (Å²) in [6.07, 6.45) is 1.94. The average molecular weight is 368 g/mol. The van der Waals surface area contributed by atoms with Gasteiger partial charge in [0.05, 0.1) is 16.4 Å². The number of non-ortho nitro benzene ring substituents is 1. The first kappa shape index (κ1) is 16.5. The Morgan fingerprint density at radius 3 is 2.50 bits per heavy atom.